The summed E-state index contributed by atoms with van der Waals surface area (Å²) in [5.74, 6) is -1.62. The van der Waals surface area contributed by atoms with Gasteiger partial charge in [0.05, 0.1) is 24.1 Å². The van der Waals surface area contributed by atoms with E-state index in [-0.39, 0.29) is 17.9 Å². The van der Waals surface area contributed by atoms with Gasteiger partial charge in [0.1, 0.15) is 11.4 Å². The molecule has 3 atom stereocenters. The van der Waals surface area contributed by atoms with Gasteiger partial charge in [0.15, 0.2) is 5.82 Å². The number of nitrogens with zero attached hydrogens (tertiary/aromatic N) is 4. The Hall–Kier alpha value is -3.65. The van der Waals surface area contributed by atoms with Crippen LogP contribution in [0, 0.1) is 23.1 Å². The van der Waals surface area contributed by atoms with E-state index in [0.29, 0.717) is 31.6 Å². The average Bonchev–Trinajstić information content (AvgIpc) is 3.18. The molecule has 0 radical (unpaired) electrons. The van der Waals surface area contributed by atoms with E-state index in [1.807, 2.05) is 0 Å². The molecule has 1 unspecified atom stereocenters. The number of methoxy groups -OCH3 is 1. The number of benzene rings is 1. The number of nitrogens with one attached hydrogen (secondary N) is 1. The number of nitriles is 1. The monoisotopic (exact) mass is 444 g/mol. The Morgan fingerprint density at radius 1 is 1.41 bits per heavy atom. The van der Waals surface area contributed by atoms with E-state index >= 15 is 0 Å². The van der Waals surface area contributed by atoms with Crippen LogP contribution in [0.2, 0.25) is 0 Å². The van der Waals surface area contributed by atoms with Crippen molar-refractivity contribution in [2.24, 2.45) is 11.7 Å². The SMILES string of the molecule is COCCCC1[C@H](C#N)[C@H](n2cc(C(N)=O)c(Nc3ccc(F)cc3)n2)CCN1C(=O)O. The zero-order valence-corrected chi connectivity index (χ0v) is 17.6. The van der Waals surface area contributed by atoms with Crippen molar-refractivity contribution < 1.29 is 23.8 Å². The number of likely N-dealkylation sites (tertiary alicyclic amines) is 1. The van der Waals surface area contributed by atoms with Crippen molar-refractivity contribution in [3.05, 3.63) is 41.8 Å². The first-order valence-corrected chi connectivity index (χ1v) is 10.1. The smallest absolute Gasteiger partial charge is 0.407 e. The van der Waals surface area contributed by atoms with Crippen LogP contribution < -0.4 is 11.1 Å². The van der Waals surface area contributed by atoms with Crippen molar-refractivity contribution in [3.63, 3.8) is 0 Å². The second kappa shape index (κ2) is 10.1. The third kappa shape index (κ3) is 4.97. The van der Waals surface area contributed by atoms with Crippen LogP contribution >= 0.6 is 0 Å². The molecule has 1 aliphatic rings. The van der Waals surface area contributed by atoms with Gasteiger partial charge >= 0.3 is 6.09 Å². The molecule has 0 saturated carbocycles. The lowest BCUT2D eigenvalue weighted by atomic mass is 9.83. The molecule has 1 aromatic heterocycles. The zero-order chi connectivity index (χ0) is 23.3. The number of aromatic nitrogens is 2. The first kappa shape index (κ1) is 23.0. The highest BCUT2D eigenvalue weighted by Crippen LogP contribution is 2.36. The highest BCUT2D eigenvalue weighted by molar-refractivity contribution is 5.98. The second-order valence-corrected chi connectivity index (χ2v) is 7.56. The molecule has 0 bridgehead atoms. The molecule has 32 heavy (non-hydrogen) atoms. The number of carboxylic acid groups (broad SMARTS) is 1. The third-order valence-corrected chi connectivity index (χ3v) is 5.58. The fraction of sp³-hybridized carbons (Fsp3) is 0.429. The third-order valence-electron chi connectivity index (χ3n) is 5.58. The van der Waals surface area contributed by atoms with Gasteiger partial charge in [-0.3, -0.25) is 9.48 Å². The van der Waals surface area contributed by atoms with E-state index in [0.717, 1.165) is 0 Å². The normalized spacial score (nSPS) is 20.5. The van der Waals surface area contributed by atoms with Crippen molar-refractivity contribution in [1.82, 2.24) is 14.7 Å². The molecule has 1 fully saturated rings. The van der Waals surface area contributed by atoms with Crippen LogP contribution in [0.15, 0.2) is 30.5 Å². The summed E-state index contributed by atoms with van der Waals surface area (Å²) in [6.45, 7) is 0.675. The Morgan fingerprint density at radius 2 is 2.12 bits per heavy atom. The van der Waals surface area contributed by atoms with E-state index in [1.165, 1.54) is 40.0 Å². The van der Waals surface area contributed by atoms with Crippen LogP contribution in [0.3, 0.4) is 0 Å². The average molecular weight is 444 g/mol. The molecular weight excluding hydrogens is 419 g/mol. The van der Waals surface area contributed by atoms with Crippen molar-refractivity contribution in [2.45, 2.75) is 31.3 Å². The molecule has 2 heterocycles. The fourth-order valence-corrected chi connectivity index (χ4v) is 4.05. The van der Waals surface area contributed by atoms with Crippen molar-refractivity contribution >= 4 is 23.5 Å². The Balaban J connectivity index is 1.91. The Kier molecular flexibility index (Phi) is 7.27. The van der Waals surface area contributed by atoms with Gasteiger partial charge in [-0.25, -0.2) is 9.18 Å². The number of ether oxygens (including phenoxy) is 1. The number of piperidine rings is 1. The second-order valence-electron chi connectivity index (χ2n) is 7.56. The summed E-state index contributed by atoms with van der Waals surface area (Å²) in [6, 6.07) is 6.77. The number of rotatable bonds is 8. The number of carbonyl (C=O) groups excluding carboxylic acids is 1. The lowest BCUT2D eigenvalue weighted by molar-refractivity contribution is 0.0581. The predicted molar refractivity (Wildman–Crippen MR) is 113 cm³/mol. The summed E-state index contributed by atoms with van der Waals surface area (Å²) in [5, 5.41) is 26.9. The van der Waals surface area contributed by atoms with E-state index in [9.17, 15) is 24.3 Å². The van der Waals surface area contributed by atoms with Gasteiger partial charge < -0.3 is 25.8 Å². The Bertz CT molecular complexity index is 1000. The van der Waals surface area contributed by atoms with Crippen molar-refractivity contribution in [3.8, 4) is 6.07 Å². The van der Waals surface area contributed by atoms with Gasteiger partial charge in [-0.1, -0.05) is 0 Å². The molecular formula is C21H25FN6O4. The van der Waals surface area contributed by atoms with Crippen LogP contribution in [0.5, 0.6) is 0 Å². The number of carbonyl (C=O) groups is 2. The number of nitrogens with two attached hydrogens (primary N) is 1. The zero-order valence-electron chi connectivity index (χ0n) is 17.6. The van der Waals surface area contributed by atoms with Gasteiger partial charge in [-0.15, -0.1) is 0 Å². The summed E-state index contributed by atoms with van der Waals surface area (Å²) >= 11 is 0. The van der Waals surface area contributed by atoms with Gasteiger partial charge in [0, 0.05) is 32.1 Å². The summed E-state index contributed by atoms with van der Waals surface area (Å²) in [4.78, 5) is 25.0. The van der Waals surface area contributed by atoms with Crippen molar-refractivity contribution in [2.75, 3.05) is 25.6 Å². The van der Waals surface area contributed by atoms with Crippen LogP contribution in [0.25, 0.3) is 0 Å². The maximum atomic E-state index is 13.2. The maximum absolute atomic E-state index is 13.2. The van der Waals surface area contributed by atoms with E-state index in [4.69, 9.17) is 10.5 Å². The minimum atomic E-state index is -1.08. The molecule has 170 valence electrons. The molecule has 0 spiro atoms. The minimum Gasteiger partial charge on any atom is -0.465 e. The summed E-state index contributed by atoms with van der Waals surface area (Å²) in [6.07, 6.45) is 1.79. The quantitative estimate of drug-likeness (QED) is 0.531. The standard InChI is InChI=1S/C21H25FN6O4/c1-32-10-2-3-17-15(11-23)18(8-9-27(17)21(30)31)28-12-16(19(24)29)20(26-28)25-14-6-4-13(22)5-7-14/h4-7,12,15,17-18H,2-3,8-10H2,1H3,(H2,24,29)(H,25,26)(H,30,31)/t15-,17?,18+/m0/s1. The van der Waals surface area contributed by atoms with Gasteiger partial charge in [0.25, 0.3) is 5.91 Å². The first-order valence-electron chi connectivity index (χ1n) is 10.1. The minimum absolute atomic E-state index is 0.114. The molecule has 1 aliphatic heterocycles. The molecule has 3 rings (SSSR count). The van der Waals surface area contributed by atoms with Gasteiger partial charge in [-0.05, 0) is 43.5 Å². The largest absolute Gasteiger partial charge is 0.465 e. The lowest BCUT2D eigenvalue weighted by Gasteiger charge is -2.41. The number of amides is 2. The van der Waals surface area contributed by atoms with Crippen LogP contribution in [0.1, 0.15) is 35.7 Å². The van der Waals surface area contributed by atoms with E-state index in [1.54, 1.807) is 7.11 Å². The van der Waals surface area contributed by atoms with E-state index in [2.05, 4.69) is 16.5 Å². The summed E-state index contributed by atoms with van der Waals surface area (Å²) in [5.41, 5.74) is 6.14. The number of primary amides is 1. The van der Waals surface area contributed by atoms with Crippen LogP contribution in [-0.4, -0.2) is 58.1 Å². The molecule has 2 amide bonds. The molecule has 2 aromatic rings. The summed E-state index contributed by atoms with van der Waals surface area (Å²) < 4.78 is 19.8. The van der Waals surface area contributed by atoms with Gasteiger partial charge in [-0.2, -0.15) is 10.4 Å². The number of anilines is 2. The Labute approximate surface area is 184 Å². The number of hydrogen-bond acceptors (Lipinski definition) is 6. The molecule has 0 aliphatic carbocycles. The molecule has 11 heteroatoms. The lowest BCUT2D eigenvalue weighted by Crippen LogP contribution is -2.51. The fourth-order valence-electron chi connectivity index (χ4n) is 4.05. The van der Waals surface area contributed by atoms with Crippen molar-refractivity contribution in [1.29, 1.82) is 5.26 Å². The first-order chi connectivity index (χ1) is 15.3. The highest BCUT2D eigenvalue weighted by atomic mass is 19.1. The highest BCUT2D eigenvalue weighted by Gasteiger charge is 2.41. The Morgan fingerprint density at radius 3 is 2.72 bits per heavy atom. The number of hydrogen-bond donors (Lipinski definition) is 3. The van der Waals surface area contributed by atoms with Crippen LogP contribution in [-0.2, 0) is 4.74 Å². The topological polar surface area (TPSA) is 146 Å². The molecule has 1 aromatic carbocycles. The predicted octanol–water partition coefficient (Wildman–Crippen LogP) is 2.72. The molecule has 10 nitrogen and oxygen atoms in total. The summed E-state index contributed by atoms with van der Waals surface area (Å²) in [7, 11) is 1.56. The van der Waals surface area contributed by atoms with Gasteiger partial charge in [0.2, 0.25) is 0 Å². The number of halogens is 1. The molecule has 4 N–H and O–H groups in total. The maximum Gasteiger partial charge on any atom is 0.407 e. The van der Waals surface area contributed by atoms with E-state index < -0.39 is 35.8 Å². The molecule has 1 saturated heterocycles. The van der Waals surface area contributed by atoms with Crippen LogP contribution in [0.4, 0.5) is 20.7 Å².